The highest BCUT2D eigenvalue weighted by Gasteiger charge is 2.14. The monoisotopic (exact) mass is 380 g/mol. The zero-order valence-electron chi connectivity index (χ0n) is 10.2. The molecule has 0 radical (unpaired) electrons. The minimum absolute atomic E-state index is 0.0809. The maximum atomic E-state index is 12.2. The number of rotatable bonds is 3. The van der Waals surface area contributed by atoms with Crippen LogP contribution < -0.4 is 5.56 Å². The van der Waals surface area contributed by atoms with Crippen molar-refractivity contribution in [1.82, 2.24) is 9.55 Å². The van der Waals surface area contributed by atoms with E-state index in [4.69, 9.17) is 4.42 Å². The van der Waals surface area contributed by atoms with Gasteiger partial charge in [0.15, 0.2) is 5.76 Å². The molecule has 5 nitrogen and oxygen atoms in total. The molecule has 3 aromatic rings. The second-order valence-electron chi connectivity index (χ2n) is 4.25. The van der Waals surface area contributed by atoms with E-state index >= 15 is 0 Å². The number of ketones is 1. The van der Waals surface area contributed by atoms with E-state index in [1.807, 2.05) is 40.8 Å². The minimum Gasteiger partial charge on any atom is -0.453 e. The number of furan rings is 1. The number of benzene rings is 1. The predicted molar refractivity (Wildman–Crippen MR) is 81.8 cm³/mol. The van der Waals surface area contributed by atoms with E-state index < -0.39 is 0 Å². The van der Waals surface area contributed by atoms with Crippen molar-refractivity contribution in [2.75, 3.05) is 0 Å². The van der Waals surface area contributed by atoms with Crippen LogP contribution in [-0.4, -0.2) is 15.3 Å². The number of nitrogens with zero attached hydrogens (tertiary/aromatic N) is 2. The van der Waals surface area contributed by atoms with Crippen LogP contribution in [0.3, 0.4) is 0 Å². The topological polar surface area (TPSA) is 65.1 Å². The lowest BCUT2D eigenvalue weighted by atomic mass is 10.2. The maximum absolute atomic E-state index is 12.2. The molecule has 0 amide bonds. The van der Waals surface area contributed by atoms with Gasteiger partial charge in [0, 0.05) is 11.6 Å². The third kappa shape index (κ3) is 2.38. The van der Waals surface area contributed by atoms with Gasteiger partial charge in [-0.25, -0.2) is 4.98 Å². The molecule has 0 N–H and O–H groups in total. The number of carbonyl (C=O) groups is 1. The first-order chi connectivity index (χ1) is 9.65. The van der Waals surface area contributed by atoms with Crippen molar-refractivity contribution in [2.45, 2.75) is 6.54 Å². The SMILES string of the molecule is O=C(Cn1cncc(I)c1=O)c1cc2ccccc2o1. The highest BCUT2D eigenvalue weighted by atomic mass is 127. The summed E-state index contributed by atoms with van der Waals surface area (Å²) >= 11 is 1.89. The molecule has 3 rings (SSSR count). The van der Waals surface area contributed by atoms with Gasteiger partial charge in [-0.2, -0.15) is 0 Å². The summed E-state index contributed by atoms with van der Waals surface area (Å²) in [5.74, 6) is -0.0101. The molecule has 0 bridgehead atoms. The van der Waals surface area contributed by atoms with E-state index in [0.717, 1.165) is 5.39 Å². The molecule has 0 unspecified atom stereocenters. The molecular formula is C14H9IN2O3. The lowest BCUT2D eigenvalue weighted by Gasteiger charge is -2.02. The Morgan fingerprint density at radius 3 is 2.95 bits per heavy atom. The summed E-state index contributed by atoms with van der Waals surface area (Å²) in [5.41, 5.74) is 0.425. The van der Waals surface area contributed by atoms with Gasteiger partial charge >= 0.3 is 0 Å². The number of hydrogen-bond acceptors (Lipinski definition) is 4. The number of carbonyl (C=O) groups excluding carboxylic acids is 1. The maximum Gasteiger partial charge on any atom is 0.267 e. The molecule has 0 atom stereocenters. The predicted octanol–water partition coefficient (Wildman–Crippen LogP) is 2.48. The van der Waals surface area contributed by atoms with Crippen LogP contribution in [0.2, 0.25) is 0 Å². The van der Waals surface area contributed by atoms with Crippen LogP contribution in [0.4, 0.5) is 0 Å². The third-order valence-electron chi connectivity index (χ3n) is 2.87. The van der Waals surface area contributed by atoms with Gasteiger partial charge < -0.3 is 4.42 Å². The fraction of sp³-hybridized carbons (Fsp3) is 0.0714. The van der Waals surface area contributed by atoms with Crippen molar-refractivity contribution in [3.05, 3.63) is 62.5 Å². The lowest BCUT2D eigenvalue weighted by molar-refractivity contribution is 0.0945. The smallest absolute Gasteiger partial charge is 0.267 e. The Hall–Kier alpha value is -1.96. The summed E-state index contributed by atoms with van der Waals surface area (Å²) in [6, 6.07) is 9.07. The summed E-state index contributed by atoms with van der Waals surface area (Å²) in [6.45, 7) is -0.0809. The molecule has 0 fully saturated rings. The quantitative estimate of drug-likeness (QED) is 0.517. The summed E-state index contributed by atoms with van der Waals surface area (Å²) < 4.78 is 7.23. The Balaban J connectivity index is 1.93. The molecule has 2 heterocycles. The number of para-hydroxylation sites is 1. The molecule has 100 valence electrons. The summed E-state index contributed by atoms with van der Waals surface area (Å²) in [4.78, 5) is 27.9. The molecule has 0 aliphatic carbocycles. The second-order valence-corrected chi connectivity index (χ2v) is 5.41. The van der Waals surface area contributed by atoms with E-state index in [1.165, 1.54) is 17.1 Å². The van der Waals surface area contributed by atoms with Crippen LogP contribution >= 0.6 is 22.6 Å². The van der Waals surface area contributed by atoms with E-state index in [2.05, 4.69) is 4.98 Å². The molecule has 0 saturated heterocycles. The van der Waals surface area contributed by atoms with E-state index in [1.54, 1.807) is 12.1 Å². The van der Waals surface area contributed by atoms with Crippen LogP contribution in [0.5, 0.6) is 0 Å². The molecule has 1 aromatic carbocycles. The Kier molecular flexibility index (Phi) is 3.39. The average Bonchev–Trinajstić information content (AvgIpc) is 2.88. The molecule has 0 saturated carbocycles. The largest absolute Gasteiger partial charge is 0.453 e. The van der Waals surface area contributed by atoms with Crippen LogP contribution in [0.1, 0.15) is 10.6 Å². The normalized spacial score (nSPS) is 10.8. The van der Waals surface area contributed by atoms with Gasteiger partial charge in [-0.3, -0.25) is 14.2 Å². The van der Waals surface area contributed by atoms with Crippen molar-refractivity contribution in [3.63, 3.8) is 0 Å². The molecule has 2 aromatic heterocycles. The molecule has 20 heavy (non-hydrogen) atoms. The fourth-order valence-corrected chi connectivity index (χ4v) is 2.36. The number of fused-ring (bicyclic) bond motifs is 1. The Labute approximate surface area is 127 Å². The average molecular weight is 380 g/mol. The summed E-state index contributed by atoms with van der Waals surface area (Å²) in [6.07, 6.45) is 2.82. The molecule has 6 heteroatoms. The highest BCUT2D eigenvalue weighted by Crippen LogP contribution is 2.19. The highest BCUT2D eigenvalue weighted by molar-refractivity contribution is 14.1. The standard InChI is InChI=1S/C14H9IN2O3/c15-10-6-16-8-17(14(10)19)7-11(18)13-5-9-3-1-2-4-12(9)20-13/h1-6,8H,7H2. The first-order valence-electron chi connectivity index (χ1n) is 5.87. The second kappa shape index (κ2) is 5.20. The molecule has 0 spiro atoms. The lowest BCUT2D eigenvalue weighted by Crippen LogP contribution is -2.26. The van der Waals surface area contributed by atoms with Crippen LogP contribution in [0.15, 0.2) is 52.1 Å². The number of hydrogen-bond donors (Lipinski definition) is 0. The van der Waals surface area contributed by atoms with Gasteiger partial charge in [-0.1, -0.05) is 18.2 Å². The summed E-state index contributed by atoms with van der Waals surface area (Å²) in [7, 11) is 0. The van der Waals surface area contributed by atoms with Gasteiger partial charge in [-0.05, 0) is 34.7 Å². The van der Waals surface area contributed by atoms with Crippen molar-refractivity contribution < 1.29 is 9.21 Å². The number of Topliss-reactive ketones (excluding diaryl/α,β-unsaturated/α-hetero) is 1. The van der Waals surface area contributed by atoms with Crippen LogP contribution in [0.25, 0.3) is 11.0 Å². The van der Waals surface area contributed by atoms with E-state index in [9.17, 15) is 9.59 Å². The van der Waals surface area contributed by atoms with E-state index in [-0.39, 0.29) is 23.6 Å². The van der Waals surface area contributed by atoms with Gasteiger partial charge in [-0.15, -0.1) is 0 Å². The van der Waals surface area contributed by atoms with Crippen molar-refractivity contribution in [2.24, 2.45) is 0 Å². The van der Waals surface area contributed by atoms with Crippen LogP contribution in [-0.2, 0) is 6.54 Å². The Morgan fingerprint density at radius 2 is 2.15 bits per heavy atom. The number of halogens is 1. The Morgan fingerprint density at radius 1 is 1.35 bits per heavy atom. The minimum atomic E-state index is -0.257. The van der Waals surface area contributed by atoms with Gasteiger partial charge in [0.2, 0.25) is 5.78 Å². The van der Waals surface area contributed by atoms with Gasteiger partial charge in [0.1, 0.15) is 5.58 Å². The van der Waals surface area contributed by atoms with Crippen LogP contribution in [0, 0.1) is 3.57 Å². The Bertz CT molecular complexity index is 818. The number of aromatic nitrogens is 2. The fourth-order valence-electron chi connectivity index (χ4n) is 1.89. The zero-order chi connectivity index (χ0) is 14.1. The van der Waals surface area contributed by atoms with Crippen molar-refractivity contribution >= 4 is 39.3 Å². The molecular weight excluding hydrogens is 371 g/mol. The first-order valence-corrected chi connectivity index (χ1v) is 6.95. The summed E-state index contributed by atoms with van der Waals surface area (Å²) in [5, 5.41) is 0.865. The zero-order valence-corrected chi connectivity index (χ0v) is 12.4. The molecule has 0 aliphatic rings. The third-order valence-corrected chi connectivity index (χ3v) is 3.61. The van der Waals surface area contributed by atoms with Crippen molar-refractivity contribution in [1.29, 1.82) is 0 Å². The molecule has 0 aliphatic heterocycles. The van der Waals surface area contributed by atoms with Gasteiger partial charge in [0.25, 0.3) is 5.56 Å². The van der Waals surface area contributed by atoms with Crippen molar-refractivity contribution in [3.8, 4) is 0 Å². The first kappa shape index (κ1) is 13.0. The van der Waals surface area contributed by atoms with Gasteiger partial charge in [0.05, 0.1) is 16.4 Å². The van der Waals surface area contributed by atoms with E-state index in [0.29, 0.717) is 9.15 Å².